The van der Waals surface area contributed by atoms with Gasteiger partial charge in [-0.1, -0.05) is 48.5 Å². The molecule has 0 unspecified atom stereocenters. The molecule has 0 fully saturated rings. The molecule has 2 aromatic carbocycles. The standard InChI is InChI=1S/C18H18N2O2/c19-18(21)20-15-8-11-17(12-15)22-16-9-6-14(7-10-16)13-4-2-1-3-5-13/h1-11,15,17H,12H2,(H3,19,20,21)/t15-,17-/m0/s1. The van der Waals surface area contributed by atoms with E-state index in [1.54, 1.807) is 0 Å². The summed E-state index contributed by atoms with van der Waals surface area (Å²) in [5.74, 6) is 0.814. The van der Waals surface area contributed by atoms with Crippen molar-refractivity contribution in [3.05, 3.63) is 66.7 Å². The highest BCUT2D eigenvalue weighted by Gasteiger charge is 2.20. The number of primary amides is 1. The molecule has 0 radical (unpaired) electrons. The molecule has 112 valence electrons. The van der Waals surface area contributed by atoms with Crippen LogP contribution in [0.5, 0.6) is 5.75 Å². The summed E-state index contributed by atoms with van der Waals surface area (Å²) in [6, 6.07) is 17.7. The molecule has 1 aliphatic carbocycles. The van der Waals surface area contributed by atoms with Gasteiger partial charge in [0, 0.05) is 6.42 Å². The minimum absolute atomic E-state index is 0.0422. The number of ether oxygens (including phenoxy) is 1. The average molecular weight is 294 g/mol. The Hall–Kier alpha value is -2.75. The van der Waals surface area contributed by atoms with E-state index < -0.39 is 6.03 Å². The zero-order chi connectivity index (χ0) is 15.4. The van der Waals surface area contributed by atoms with Gasteiger partial charge in [-0.2, -0.15) is 0 Å². The number of hydrogen-bond donors (Lipinski definition) is 2. The van der Waals surface area contributed by atoms with Gasteiger partial charge >= 0.3 is 6.03 Å². The summed E-state index contributed by atoms with van der Waals surface area (Å²) in [4.78, 5) is 10.8. The van der Waals surface area contributed by atoms with E-state index in [9.17, 15) is 4.79 Å². The largest absolute Gasteiger partial charge is 0.486 e. The molecule has 0 saturated carbocycles. The average Bonchev–Trinajstić information content (AvgIpc) is 2.95. The molecule has 0 bridgehead atoms. The summed E-state index contributed by atoms with van der Waals surface area (Å²) < 4.78 is 5.90. The van der Waals surface area contributed by atoms with E-state index in [-0.39, 0.29) is 12.1 Å². The van der Waals surface area contributed by atoms with Gasteiger partial charge in [0.15, 0.2) is 0 Å². The van der Waals surface area contributed by atoms with Crippen LogP contribution in [0.25, 0.3) is 11.1 Å². The fraction of sp³-hybridized carbons (Fsp3) is 0.167. The quantitative estimate of drug-likeness (QED) is 0.851. The first-order valence-electron chi connectivity index (χ1n) is 7.27. The maximum absolute atomic E-state index is 10.8. The van der Waals surface area contributed by atoms with Crippen LogP contribution in [0.3, 0.4) is 0 Å². The van der Waals surface area contributed by atoms with Crippen molar-refractivity contribution in [2.75, 3.05) is 0 Å². The van der Waals surface area contributed by atoms with E-state index in [2.05, 4.69) is 17.4 Å². The fourth-order valence-corrected chi connectivity index (χ4v) is 2.57. The highest BCUT2D eigenvalue weighted by atomic mass is 16.5. The van der Waals surface area contributed by atoms with Crippen molar-refractivity contribution < 1.29 is 9.53 Å². The molecule has 3 rings (SSSR count). The Morgan fingerprint density at radius 1 is 1.00 bits per heavy atom. The molecule has 4 nitrogen and oxygen atoms in total. The van der Waals surface area contributed by atoms with Gasteiger partial charge in [-0.05, 0) is 29.3 Å². The molecule has 2 aromatic rings. The number of carbonyl (C=O) groups is 1. The lowest BCUT2D eigenvalue weighted by Crippen LogP contribution is -2.37. The van der Waals surface area contributed by atoms with Crippen LogP contribution in [0.2, 0.25) is 0 Å². The second-order valence-electron chi connectivity index (χ2n) is 5.28. The molecule has 22 heavy (non-hydrogen) atoms. The topological polar surface area (TPSA) is 64.4 Å². The molecule has 0 aliphatic heterocycles. The van der Waals surface area contributed by atoms with Crippen LogP contribution < -0.4 is 15.8 Å². The molecule has 0 saturated heterocycles. The van der Waals surface area contributed by atoms with Crippen LogP contribution in [-0.4, -0.2) is 18.2 Å². The number of hydrogen-bond acceptors (Lipinski definition) is 2. The molecule has 0 heterocycles. The maximum atomic E-state index is 10.8. The number of benzene rings is 2. The van der Waals surface area contributed by atoms with Gasteiger partial charge in [0.2, 0.25) is 0 Å². The summed E-state index contributed by atoms with van der Waals surface area (Å²) in [7, 11) is 0. The molecular weight excluding hydrogens is 276 g/mol. The summed E-state index contributed by atoms with van der Waals surface area (Å²) >= 11 is 0. The molecular formula is C18H18N2O2. The Kier molecular flexibility index (Phi) is 4.10. The first kappa shape index (κ1) is 14.2. The lowest BCUT2D eigenvalue weighted by atomic mass is 10.1. The lowest BCUT2D eigenvalue weighted by Gasteiger charge is -2.15. The number of nitrogens with one attached hydrogen (secondary N) is 1. The Morgan fingerprint density at radius 2 is 1.68 bits per heavy atom. The number of urea groups is 1. The van der Waals surface area contributed by atoms with Gasteiger partial charge in [0.05, 0.1) is 6.04 Å². The van der Waals surface area contributed by atoms with Gasteiger partial charge in [-0.15, -0.1) is 0 Å². The van der Waals surface area contributed by atoms with E-state index >= 15 is 0 Å². The van der Waals surface area contributed by atoms with Gasteiger partial charge in [-0.3, -0.25) is 0 Å². The zero-order valence-corrected chi connectivity index (χ0v) is 12.1. The molecule has 1 aliphatic rings. The SMILES string of the molecule is NC(=O)N[C@H]1C=C[C@H](Oc2ccc(-c3ccccc3)cc2)C1. The smallest absolute Gasteiger partial charge is 0.312 e. The number of amides is 2. The first-order valence-corrected chi connectivity index (χ1v) is 7.27. The highest BCUT2D eigenvalue weighted by Crippen LogP contribution is 2.24. The number of nitrogens with two attached hydrogens (primary N) is 1. The molecule has 0 aromatic heterocycles. The minimum atomic E-state index is -0.512. The fourth-order valence-electron chi connectivity index (χ4n) is 2.57. The normalized spacial score (nSPS) is 19.8. The van der Waals surface area contributed by atoms with E-state index in [0.717, 1.165) is 11.3 Å². The zero-order valence-electron chi connectivity index (χ0n) is 12.1. The lowest BCUT2D eigenvalue weighted by molar-refractivity contribution is 0.231. The van der Waals surface area contributed by atoms with Crippen molar-refractivity contribution in [1.29, 1.82) is 0 Å². The van der Waals surface area contributed by atoms with Crippen LogP contribution in [0, 0.1) is 0 Å². The van der Waals surface area contributed by atoms with Gasteiger partial charge < -0.3 is 15.8 Å². The van der Waals surface area contributed by atoms with Crippen molar-refractivity contribution in [3.63, 3.8) is 0 Å². The van der Waals surface area contributed by atoms with Crippen molar-refractivity contribution in [1.82, 2.24) is 5.32 Å². The second kappa shape index (κ2) is 6.35. The van der Waals surface area contributed by atoms with E-state index in [0.29, 0.717) is 6.42 Å². The minimum Gasteiger partial charge on any atom is -0.486 e. The third-order valence-electron chi connectivity index (χ3n) is 3.62. The summed E-state index contributed by atoms with van der Waals surface area (Å²) in [5, 5.41) is 2.66. The summed E-state index contributed by atoms with van der Waals surface area (Å²) in [6.07, 6.45) is 4.52. The molecule has 4 heteroatoms. The van der Waals surface area contributed by atoms with Crippen LogP contribution in [-0.2, 0) is 0 Å². The molecule has 2 atom stereocenters. The molecule has 0 spiro atoms. The summed E-state index contributed by atoms with van der Waals surface area (Å²) in [5.41, 5.74) is 7.45. The monoisotopic (exact) mass is 294 g/mol. The van der Waals surface area contributed by atoms with E-state index in [1.807, 2.05) is 54.6 Å². The maximum Gasteiger partial charge on any atom is 0.312 e. The Bertz CT molecular complexity index is 665. The first-order chi connectivity index (χ1) is 10.7. The Labute approximate surface area is 129 Å². The third kappa shape index (κ3) is 3.47. The van der Waals surface area contributed by atoms with Gasteiger partial charge in [0.25, 0.3) is 0 Å². The van der Waals surface area contributed by atoms with Gasteiger partial charge in [0.1, 0.15) is 11.9 Å². The second-order valence-corrected chi connectivity index (χ2v) is 5.28. The van der Waals surface area contributed by atoms with E-state index in [1.165, 1.54) is 5.56 Å². The highest BCUT2D eigenvalue weighted by molar-refractivity contribution is 5.72. The third-order valence-corrected chi connectivity index (χ3v) is 3.62. The van der Waals surface area contributed by atoms with Crippen LogP contribution in [0.1, 0.15) is 6.42 Å². The van der Waals surface area contributed by atoms with Crippen LogP contribution in [0.4, 0.5) is 4.79 Å². The van der Waals surface area contributed by atoms with E-state index in [4.69, 9.17) is 10.5 Å². The van der Waals surface area contributed by atoms with Crippen molar-refractivity contribution >= 4 is 6.03 Å². The van der Waals surface area contributed by atoms with Crippen LogP contribution in [0.15, 0.2) is 66.7 Å². The van der Waals surface area contributed by atoms with Crippen molar-refractivity contribution in [3.8, 4) is 16.9 Å². The van der Waals surface area contributed by atoms with Gasteiger partial charge in [-0.25, -0.2) is 4.79 Å². The Morgan fingerprint density at radius 3 is 2.36 bits per heavy atom. The number of carbonyl (C=O) groups excluding carboxylic acids is 1. The molecule has 3 N–H and O–H groups in total. The predicted molar refractivity (Wildman–Crippen MR) is 86.6 cm³/mol. The number of rotatable bonds is 4. The molecule has 2 amide bonds. The predicted octanol–water partition coefficient (Wildman–Crippen LogP) is 3.10. The van der Waals surface area contributed by atoms with Crippen molar-refractivity contribution in [2.45, 2.75) is 18.6 Å². The van der Waals surface area contributed by atoms with Crippen molar-refractivity contribution in [2.24, 2.45) is 5.73 Å². The van der Waals surface area contributed by atoms with Crippen LogP contribution >= 0.6 is 0 Å². The Balaban J connectivity index is 1.61. The summed E-state index contributed by atoms with van der Waals surface area (Å²) in [6.45, 7) is 0.